The van der Waals surface area contributed by atoms with Gasteiger partial charge in [-0.15, -0.1) is 0 Å². The van der Waals surface area contributed by atoms with E-state index in [9.17, 15) is 14.4 Å². The number of ketones is 2. The van der Waals surface area contributed by atoms with Gasteiger partial charge in [0.05, 0.1) is 6.42 Å². The molecule has 0 saturated carbocycles. The lowest BCUT2D eigenvalue weighted by atomic mass is 9.79. The topological polar surface area (TPSA) is 80.7 Å². The Kier molecular flexibility index (Phi) is 2.88. The van der Waals surface area contributed by atoms with Crippen LogP contribution in [0.2, 0.25) is 0 Å². The van der Waals surface area contributed by atoms with Crippen molar-refractivity contribution >= 4 is 17.5 Å². The van der Waals surface area contributed by atoms with Gasteiger partial charge in [-0.3, -0.25) is 14.4 Å². The molecule has 2 aliphatic rings. The molecule has 0 amide bonds. The zero-order chi connectivity index (χ0) is 14.4. The maximum Gasteiger partial charge on any atom is 0.307 e. The van der Waals surface area contributed by atoms with E-state index in [2.05, 4.69) is 0 Å². The van der Waals surface area contributed by atoms with Gasteiger partial charge in [-0.1, -0.05) is 19.9 Å². The van der Waals surface area contributed by atoms with Crippen molar-refractivity contribution in [2.24, 2.45) is 11.3 Å². The number of carbonyl (C=O) groups excluding carboxylic acids is 2. The number of allylic oxidation sites excluding steroid dienone is 2. The van der Waals surface area contributed by atoms with Crippen LogP contribution in [0.4, 0.5) is 0 Å². The van der Waals surface area contributed by atoms with Crippen LogP contribution in [0.5, 0.6) is 0 Å². The van der Waals surface area contributed by atoms with Crippen molar-refractivity contribution in [2.75, 3.05) is 0 Å². The number of aliphatic carboxylic acids is 1. The minimum absolute atomic E-state index is 0.0266. The average Bonchev–Trinajstić information content (AvgIpc) is 2.66. The number of hydrogen-bond donors (Lipinski definition) is 1. The molecule has 1 aliphatic carbocycles. The lowest BCUT2D eigenvalue weighted by Crippen LogP contribution is -2.36. The number of carboxylic acids is 1. The SMILES string of the molecule is CC1(C)C(=O)C=C[C@@H]1C1=CC(=O)[C@@](C)(CC(=O)O)O1. The van der Waals surface area contributed by atoms with Gasteiger partial charge < -0.3 is 9.84 Å². The third-order valence-electron chi connectivity index (χ3n) is 3.79. The van der Waals surface area contributed by atoms with Crippen molar-refractivity contribution in [3.8, 4) is 0 Å². The van der Waals surface area contributed by atoms with Gasteiger partial charge in [0.25, 0.3) is 0 Å². The van der Waals surface area contributed by atoms with Gasteiger partial charge in [-0.2, -0.15) is 0 Å². The van der Waals surface area contributed by atoms with E-state index in [-0.39, 0.29) is 17.5 Å². The van der Waals surface area contributed by atoms with Gasteiger partial charge in [-0.25, -0.2) is 0 Å². The summed E-state index contributed by atoms with van der Waals surface area (Å²) in [7, 11) is 0. The minimum Gasteiger partial charge on any atom is -0.482 e. The van der Waals surface area contributed by atoms with Crippen molar-refractivity contribution in [3.63, 3.8) is 0 Å². The maximum atomic E-state index is 11.9. The monoisotopic (exact) mass is 264 g/mol. The summed E-state index contributed by atoms with van der Waals surface area (Å²) in [5.41, 5.74) is -2.03. The average molecular weight is 264 g/mol. The Hall–Kier alpha value is -1.91. The van der Waals surface area contributed by atoms with Crippen molar-refractivity contribution in [1.29, 1.82) is 0 Å². The molecule has 0 unspecified atom stereocenters. The smallest absolute Gasteiger partial charge is 0.307 e. The zero-order valence-electron chi connectivity index (χ0n) is 11.1. The molecule has 0 spiro atoms. The third kappa shape index (κ3) is 2.09. The molecule has 0 aromatic rings. The first kappa shape index (κ1) is 13.5. The predicted octanol–water partition coefficient (Wildman–Crippen LogP) is 1.48. The Morgan fingerprint density at radius 1 is 1.32 bits per heavy atom. The second-order valence-corrected chi connectivity index (χ2v) is 5.74. The fraction of sp³-hybridized carbons (Fsp3) is 0.500. The van der Waals surface area contributed by atoms with E-state index in [0.717, 1.165) is 0 Å². The van der Waals surface area contributed by atoms with Crippen LogP contribution in [-0.2, 0) is 19.1 Å². The fourth-order valence-corrected chi connectivity index (χ4v) is 2.43. The molecule has 0 radical (unpaired) electrons. The molecule has 0 fully saturated rings. The zero-order valence-corrected chi connectivity index (χ0v) is 11.1. The van der Waals surface area contributed by atoms with E-state index < -0.39 is 23.4 Å². The van der Waals surface area contributed by atoms with Crippen molar-refractivity contribution in [3.05, 3.63) is 24.0 Å². The highest BCUT2D eigenvalue weighted by Gasteiger charge is 2.48. The van der Waals surface area contributed by atoms with E-state index in [1.54, 1.807) is 19.9 Å². The van der Waals surface area contributed by atoms with Crippen LogP contribution in [0.3, 0.4) is 0 Å². The molecule has 2 rings (SSSR count). The highest BCUT2D eigenvalue weighted by Crippen LogP contribution is 2.44. The second kappa shape index (κ2) is 4.05. The summed E-state index contributed by atoms with van der Waals surface area (Å²) in [5.74, 6) is -1.43. The first-order valence-corrected chi connectivity index (χ1v) is 6.06. The van der Waals surface area contributed by atoms with E-state index in [1.165, 1.54) is 19.1 Å². The van der Waals surface area contributed by atoms with Crippen LogP contribution >= 0.6 is 0 Å². The molecule has 0 bridgehead atoms. The van der Waals surface area contributed by atoms with Crippen molar-refractivity contribution in [1.82, 2.24) is 0 Å². The number of rotatable bonds is 3. The van der Waals surface area contributed by atoms with E-state index >= 15 is 0 Å². The largest absolute Gasteiger partial charge is 0.482 e. The van der Waals surface area contributed by atoms with Crippen molar-refractivity contribution < 1.29 is 24.2 Å². The quantitative estimate of drug-likeness (QED) is 0.835. The maximum absolute atomic E-state index is 11.9. The Bertz CT molecular complexity index is 526. The summed E-state index contributed by atoms with van der Waals surface area (Å²) in [6.45, 7) is 5.02. The molecular weight excluding hydrogens is 248 g/mol. The first-order valence-electron chi connectivity index (χ1n) is 6.06. The molecule has 19 heavy (non-hydrogen) atoms. The molecule has 5 nitrogen and oxygen atoms in total. The van der Waals surface area contributed by atoms with Gasteiger partial charge >= 0.3 is 5.97 Å². The predicted molar refractivity (Wildman–Crippen MR) is 66.3 cm³/mol. The van der Waals surface area contributed by atoms with Gasteiger partial charge in [0, 0.05) is 17.4 Å². The number of carbonyl (C=O) groups is 3. The third-order valence-corrected chi connectivity index (χ3v) is 3.79. The van der Waals surface area contributed by atoms with Gasteiger partial charge in [0.2, 0.25) is 5.78 Å². The second-order valence-electron chi connectivity index (χ2n) is 5.74. The molecule has 1 aliphatic heterocycles. The number of carboxylic acid groups (broad SMARTS) is 1. The highest BCUT2D eigenvalue weighted by atomic mass is 16.5. The van der Waals surface area contributed by atoms with Crippen LogP contribution in [0.25, 0.3) is 0 Å². The summed E-state index contributed by atoms with van der Waals surface area (Å²) >= 11 is 0. The standard InChI is InChI=1S/C14H16O5/c1-13(2)8(4-5-10(13)15)9-6-11(16)14(3,19-9)7-12(17)18/h4-6,8H,7H2,1-3H3,(H,17,18)/t8-,14-/m1/s1. The Morgan fingerprint density at radius 2 is 1.95 bits per heavy atom. The van der Waals surface area contributed by atoms with E-state index in [0.29, 0.717) is 5.76 Å². The summed E-state index contributed by atoms with van der Waals surface area (Å²) < 4.78 is 5.57. The molecule has 1 N–H and O–H groups in total. The van der Waals surface area contributed by atoms with Crippen LogP contribution in [0.15, 0.2) is 24.0 Å². The molecular formula is C14H16O5. The molecule has 1 heterocycles. The molecule has 0 aromatic carbocycles. The number of ether oxygens (including phenoxy) is 1. The van der Waals surface area contributed by atoms with Gasteiger partial charge in [-0.05, 0) is 13.0 Å². The molecule has 0 saturated heterocycles. The van der Waals surface area contributed by atoms with E-state index in [1.807, 2.05) is 0 Å². The minimum atomic E-state index is -1.36. The summed E-state index contributed by atoms with van der Waals surface area (Å²) in [6.07, 6.45) is 4.11. The van der Waals surface area contributed by atoms with Crippen molar-refractivity contribution in [2.45, 2.75) is 32.8 Å². The molecule has 102 valence electrons. The molecule has 5 heteroatoms. The Morgan fingerprint density at radius 3 is 2.42 bits per heavy atom. The normalized spacial score (nSPS) is 32.4. The lowest BCUT2D eigenvalue weighted by molar-refractivity contribution is -0.147. The molecule has 0 aromatic heterocycles. The van der Waals surface area contributed by atoms with Gasteiger partial charge in [0.15, 0.2) is 11.4 Å². The van der Waals surface area contributed by atoms with Crippen LogP contribution in [0.1, 0.15) is 27.2 Å². The van der Waals surface area contributed by atoms with E-state index in [4.69, 9.17) is 9.84 Å². The van der Waals surface area contributed by atoms with Crippen LogP contribution in [0, 0.1) is 11.3 Å². The first-order chi connectivity index (χ1) is 8.67. The number of hydrogen-bond acceptors (Lipinski definition) is 4. The summed E-state index contributed by atoms with van der Waals surface area (Å²) in [6, 6.07) is 0. The summed E-state index contributed by atoms with van der Waals surface area (Å²) in [5, 5.41) is 8.83. The van der Waals surface area contributed by atoms with Crippen LogP contribution in [-0.4, -0.2) is 28.2 Å². The lowest BCUT2D eigenvalue weighted by Gasteiger charge is -2.29. The molecule has 2 atom stereocenters. The fourth-order valence-electron chi connectivity index (χ4n) is 2.43. The van der Waals surface area contributed by atoms with Crippen LogP contribution < -0.4 is 0 Å². The Balaban J connectivity index is 2.24. The van der Waals surface area contributed by atoms with Gasteiger partial charge in [0.1, 0.15) is 5.76 Å². The summed E-state index contributed by atoms with van der Waals surface area (Å²) in [4.78, 5) is 34.4. The Labute approximate surface area is 110 Å². The highest BCUT2D eigenvalue weighted by molar-refractivity contribution is 6.02.